The van der Waals surface area contributed by atoms with Gasteiger partial charge in [0.2, 0.25) is 0 Å². The van der Waals surface area contributed by atoms with E-state index < -0.39 is 0 Å². The maximum atomic E-state index is 9.49. The van der Waals surface area contributed by atoms with E-state index >= 15 is 0 Å². The Morgan fingerprint density at radius 2 is 1.59 bits per heavy atom. The fourth-order valence-corrected chi connectivity index (χ4v) is 4.62. The van der Waals surface area contributed by atoms with Gasteiger partial charge in [-0.05, 0) is 52.2 Å². The van der Waals surface area contributed by atoms with E-state index in [1.54, 1.807) is 0 Å². The molecule has 0 amide bonds. The van der Waals surface area contributed by atoms with Gasteiger partial charge in [0.1, 0.15) is 0 Å². The molecule has 1 aliphatic heterocycles. The monoisotopic (exact) mass is 449 g/mol. The highest BCUT2D eigenvalue weighted by atomic mass is 15.6. The predicted octanol–water partition coefficient (Wildman–Crippen LogP) is 3.70. The zero-order valence-corrected chi connectivity index (χ0v) is 19.0. The Kier molecular flexibility index (Phi) is 6.59. The van der Waals surface area contributed by atoms with Crippen LogP contribution in [-0.2, 0) is 13.0 Å². The molecule has 0 saturated carbocycles. The molecule has 34 heavy (non-hydrogen) atoms. The number of rotatable bonds is 7. The summed E-state index contributed by atoms with van der Waals surface area (Å²) in [7, 11) is 0. The van der Waals surface area contributed by atoms with E-state index in [1.807, 2.05) is 35.0 Å². The number of benzene rings is 3. The number of nitrogens with zero attached hydrogens (tertiary/aromatic N) is 7. The highest BCUT2D eigenvalue weighted by Gasteiger charge is 2.30. The molecule has 7 heteroatoms. The van der Waals surface area contributed by atoms with Crippen molar-refractivity contribution in [2.24, 2.45) is 0 Å². The van der Waals surface area contributed by atoms with Crippen LogP contribution in [0.4, 0.5) is 5.69 Å². The van der Waals surface area contributed by atoms with Crippen LogP contribution in [-0.4, -0.2) is 51.3 Å². The third-order valence-electron chi connectivity index (χ3n) is 6.39. The summed E-state index contributed by atoms with van der Waals surface area (Å²) in [6.45, 7) is 4.29. The topological polar surface area (TPSA) is 73.9 Å². The molecule has 1 aliphatic rings. The van der Waals surface area contributed by atoms with Crippen LogP contribution >= 0.6 is 0 Å². The Morgan fingerprint density at radius 3 is 2.32 bits per heavy atom. The molecule has 1 saturated heterocycles. The smallest absolute Gasteiger partial charge is 0.173 e. The predicted molar refractivity (Wildman–Crippen MR) is 131 cm³/mol. The van der Waals surface area contributed by atoms with Crippen LogP contribution in [0, 0.1) is 11.3 Å². The standard InChI is InChI=1S/C27H27N7/c28-21-23-10-7-11-24(20-23)26(33-18-16-32(17-19-33)25-12-5-2-6-13-25)27-29-30-31-34(27)15-14-22-8-3-1-4-9-22/h1-13,20,26H,14-19H2/t26-/m1/s1. The summed E-state index contributed by atoms with van der Waals surface area (Å²) < 4.78 is 1.92. The highest BCUT2D eigenvalue weighted by Crippen LogP contribution is 2.29. The summed E-state index contributed by atoms with van der Waals surface area (Å²) in [5.41, 5.74) is 4.19. The van der Waals surface area contributed by atoms with Crippen molar-refractivity contribution in [1.29, 1.82) is 5.26 Å². The van der Waals surface area contributed by atoms with Crippen LogP contribution in [0.3, 0.4) is 0 Å². The molecule has 7 nitrogen and oxygen atoms in total. The Hall–Kier alpha value is -4.02. The molecule has 0 N–H and O–H groups in total. The minimum atomic E-state index is -0.114. The van der Waals surface area contributed by atoms with Crippen molar-refractivity contribution in [3.63, 3.8) is 0 Å². The van der Waals surface area contributed by atoms with Gasteiger partial charge in [-0.2, -0.15) is 5.26 Å². The average Bonchev–Trinajstić information content (AvgIpc) is 3.37. The van der Waals surface area contributed by atoms with Crippen LogP contribution < -0.4 is 4.90 Å². The van der Waals surface area contributed by atoms with Crippen molar-refractivity contribution >= 4 is 5.69 Å². The third-order valence-corrected chi connectivity index (χ3v) is 6.39. The summed E-state index contributed by atoms with van der Waals surface area (Å²) in [4.78, 5) is 4.85. The van der Waals surface area contributed by atoms with Gasteiger partial charge in [-0.1, -0.05) is 60.7 Å². The quantitative estimate of drug-likeness (QED) is 0.428. The van der Waals surface area contributed by atoms with Crippen LogP contribution in [0.15, 0.2) is 84.9 Å². The maximum absolute atomic E-state index is 9.49. The van der Waals surface area contributed by atoms with Crippen LogP contribution in [0.2, 0.25) is 0 Å². The Labute approximate surface area is 199 Å². The number of aromatic nitrogens is 4. The van der Waals surface area contributed by atoms with E-state index in [0.717, 1.165) is 44.0 Å². The molecule has 1 aromatic heterocycles. The molecule has 0 bridgehead atoms. The van der Waals surface area contributed by atoms with Crippen molar-refractivity contribution in [3.05, 3.63) is 107 Å². The molecule has 0 unspecified atom stereocenters. The molecule has 0 radical (unpaired) electrons. The fraction of sp³-hybridized carbons (Fsp3) is 0.259. The second kappa shape index (κ2) is 10.3. The lowest BCUT2D eigenvalue weighted by Gasteiger charge is -2.40. The highest BCUT2D eigenvalue weighted by molar-refractivity contribution is 5.46. The number of aryl methyl sites for hydroxylation is 2. The summed E-state index contributed by atoms with van der Waals surface area (Å²) in [5.74, 6) is 0.819. The Balaban J connectivity index is 1.41. The molecule has 0 spiro atoms. The molecule has 2 heterocycles. The van der Waals surface area contributed by atoms with Gasteiger partial charge in [0.05, 0.1) is 17.7 Å². The first kappa shape index (κ1) is 21.8. The van der Waals surface area contributed by atoms with Crippen molar-refractivity contribution in [1.82, 2.24) is 25.1 Å². The number of hydrogen-bond donors (Lipinski definition) is 0. The van der Waals surface area contributed by atoms with E-state index in [1.165, 1.54) is 11.3 Å². The SMILES string of the molecule is N#Cc1cccc([C@H](c2nnnn2CCc2ccccc2)N2CCN(c3ccccc3)CC2)c1. The van der Waals surface area contributed by atoms with Gasteiger partial charge in [0.15, 0.2) is 5.82 Å². The van der Waals surface area contributed by atoms with Crippen molar-refractivity contribution in [2.75, 3.05) is 31.1 Å². The number of piperazine rings is 1. The lowest BCUT2D eigenvalue weighted by atomic mass is 10.0. The molecule has 170 valence electrons. The van der Waals surface area contributed by atoms with E-state index in [2.05, 4.69) is 86.0 Å². The molecular formula is C27H27N7. The maximum Gasteiger partial charge on any atom is 0.173 e. The van der Waals surface area contributed by atoms with Crippen LogP contribution in [0.5, 0.6) is 0 Å². The van der Waals surface area contributed by atoms with Crippen molar-refractivity contribution in [3.8, 4) is 6.07 Å². The number of nitriles is 1. The number of tetrazole rings is 1. The van der Waals surface area contributed by atoms with Crippen molar-refractivity contribution < 1.29 is 0 Å². The zero-order chi connectivity index (χ0) is 23.2. The van der Waals surface area contributed by atoms with E-state index in [-0.39, 0.29) is 6.04 Å². The molecule has 0 aliphatic carbocycles. The van der Waals surface area contributed by atoms with Crippen LogP contribution in [0.1, 0.15) is 28.6 Å². The van der Waals surface area contributed by atoms with Crippen molar-refractivity contribution in [2.45, 2.75) is 19.0 Å². The lowest BCUT2D eigenvalue weighted by molar-refractivity contribution is 0.200. The zero-order valence-electron chi connectivity index (χ0n) is 19.0. The van der Waals surface area contributed by atoms with Gasteiger partial charge in [-0.15, -0.1) is 5.10 Å². The molecule has 1 fully saturated rings. The normalized spacial score (nSPS) is 15.1. The van der Waals surface area contributed by atoms with Gasteiger partial charge < -0.3 is 4.90 Å². The first-order valence-corrected chi connectivity index (χ1v) is 11.7. The molecule has 1 atom stereocenters. The van der Waals surface area contributed by atoms with Crippen LogP contribution in [0.25, 0.3) is 0 Å². The van der Waals surface area contributed by atoms with E-state index in [0.29, 0.717) is 12.1 Å². The van der Waals surface area contributed by atoms with E-state index in [9.17, 15) is 5.26 Å². The van der Waals surface area contributed by atoms with Gasteiger partial charge in [-0.3, -0.25) is 4.90 Å². The summed E-state index contributed by atoms with van der Waals surface area (Å²) in [5, 5.41) is 22.3. The number of anilines is 1. The van der Waals surface area contributed by atoms with Gasteiger partial charge >= 0.3 is 0 Å². The largest absolute Gasteiger partial charge is 0.369 e. The first-order chi connectivity index (χ1) is 16.8. The molecule has 5 rings (SSSR count). The third kappa shape index (κ3) is 4.82. The molecule has 3 aromatic carbocycles. The summed E-state index contributed by atoms with van der Waals surface area (Å²) in [6.07, 6.45) is 0.853. The van der Waals surface area contributed by atoms with Gasteiger partial charge in [0.25, 0.3) is 0 Å². The number of hydrogen-bond acceptors (Lipinski definition) is 6. The fourth-order valence-electron chi connectivity index (χ4n) is 4.62. The minimum absolute atomic E-state index is 0.114. The van der Waals surface area contributed by atoms with Gasteiger partial charge in [0, 0.05) is 38.4 Å². The molecular weight excluding hydrogens is 422 g/mol. The van der Waals surface area contributed by atoms with E-state index in [4.69, 9.17) is 0 Å². The first-order valence-electron chi connectivity index (χ1n) is 11.7. The molecule has 4 aromatic rings. The lowest BCUT2D eigenvalue weighted by Crippen LogP contribution is -2.48. The van der Waals surface area contributed by atoms with Gasteiger partial charge in [-0.25, -0.2) is 4.68 Å². The Morgan fingerprint density at radius 1 is 0.853 bits per heavy atom. The average molecular weight is 450 g/mol. The Bertz CT molecular complexity index is 1240. The number of para-hydroxylation sites is 1. The summed E-state index contributed by atoms with van der Waals surface area (Å²) >= 11 is 0. The second-order valence-electron chi connectivity index (χ2n) is 8.49. The second-order valence-corrected chi connectivity index (χ2v) is 8.49. The minimum Gasteiger partial charge on any atom is -0.369 e. The summed E-state index contributed by atoms with van der Waals surface area (Å²) in [6, 6.07) is 30.9.